The maximum absolute atomic E-state index is 5.32. The number of anilines is 1. The monoisotopic (exact) mass is 343 g/mol. The lowest BCUT2D eigenvalue weighted by Gasteiger charge is -2.15. The molecule has 0 heterocycles. The number of nitrogens with zero attached hydrogens (tertiary/aromatic N) is 1. The highest BCUT2D eigenvalue weighted by molar-refractivity contribution is 5.93. The smallest absolute Gasteiger partial charge is 0.195 e. The highest BCUT2D eigenvalue weighted by Crippen LogP contribution is 2.29. The zero-order valence-corrected chi connectivity index (χ0v) is 15.1. The molecule has 134 valence electrons. The van der Waals surface area contributed by atoms with Crippen molar-refractivity contribution in [3.63, 3.8) is 0 Å². The third-order valence-electron chi connectivity index (χ3n) is 3.73. The van der Waals surface area contributed by atoms with E-state index < -0.39 is 0 Å². The van der Waals surface area contributed by atoms with Crippen LogP contribution in [0.2, 0.25) is 0 Å². The summed E-state index contributed by atoms with van der Waals surface area (Å²) in [6.45, 7) is 1.23. The van der Waals surface area contributed by atoms with Gasteiger partial charge in [-0.15, -0.1) is 0 Å². The summed E-state index contributed by atoms with van der Waals surface area (Å²) in [6.07, 6.45) is 0. The molecule has 0 aromatic heterocycles. The first-order chi connectivity index (χ1) is 12.2. The number of benzene rings is 2. The zero-order chi connectivity index (χ0) is 18.1. The van der Waals surface area contributed by atoms with Crippen molar-refractivity contribution in [2.24, 2.45) is 4.99 Å². The van der Waals surface area contributed by atoms with Crippen LogP contribution in [0.3, 0.4) is 0 Å². The molecule has 0 saturated heterocycles. The van der Waals surface area contributed by atoms with Gasteiger partial charge in [-0.05, 0) is 23.3 Å². The number of methoxy groups -OCH3 is 3. The zero-order valence-electron chi connectivity index (χ0n) is 15.1. The maximum atomic E-state index is 5.32. The molecule has 2 aromatic carbocycles. The summed E-state index contributed by atoms with van der Waals surface area (Å²) in [4.78, 5) is 4.26. The average Bonchev–Trinajstić information content (AvgIpc) is 2.66. The number of ether oxygens (including phenoxy) is 3. The predicted molar refractivity (Wildman–Crippen MR) is 101 cm³/mol. The largest absolute Gasteiger partial charge is 0.493 e. The van der Waals surface area contributed by atoms with Crippen molar-refractivity contribution >= 4 is 11.6 Å². The Bertz CT molecular complexity index is 717. The summed E-state index contributed by atoms with van der Waals surface area (Å²) < 4.78 is 15.8. The molecule has 0 bridgehead atoms. The van der Waals surface area contributed by atoms with Crippen LogP contribution in [0.15, 0.2) is 47.5 Å². The summed E-state index contributed by atoms with van der Waals surface area (Å²) in [6, 6.07) is 13.8. The second-order valence-electron chi connectivity index (χ2n) is 5.32. The van der Waals surface area contributed by atoms with Crippen molar-refractivity contribution < 1.29 is 14.2 Å². The van der Waals surface area contributed by atoms with E-state index in [4.69, 9.17) is 14.2 Å². The van der Waals surface area contributed by atoms with Gasteiger partial charge in [0.25, 0.3) is 0 Å². The lowest BCUT2D eigenvalue weighted by molar-refractivity contribution is 0.184. The van der Waals surface area contributed by atoms with E-state index >= 15 is 0 Å². The molecule has 0 unspecified atom stereocenters. The molecule has 0 aliphatic rings. The second kappa shape index (κ2) is 9.54. The molecular formula is C19H25N3O3. The molecule has 0 aliphatic heterocycles. The Labute approximate surface area is 148 Å². The summed E-state index contributed by atoms with van der Waals surface area (Å²) in [5.74, 6) is 2.01. The quantitative estimate of drug-likeness (QED) is 0.598. The molecule has 0 fully saturated rings. The van der Waals surface area contributed by atoms with Gasteiger partial charge in [0, 0.05) is 32.5 Å². The van der Waals surface area contributed by atoms with E-state index in [0.717, 1.165) is 11.3 Å². The van der Waals surface area contributed by atoms with Crippen LogP contribution < -0.4 is 20.1 Å². The van der Waals surface area contributed by atoms with Gasteiger partial charge in [0.1, 0.15) is 0 Å². The molecule has 0 atom stereocenters. The summed E-state index contributed by atoms with van der Waals surface area (Å²) in [5, 5.41) is 6.56. The Hall–Kier alpha value is -2.73. The first kappa shape index (κ1) is 18.6. The molecule has 0 saturated carbocycles. The number of hydrogen-bond donors (Lipinski definition) is 2. The predicted octanol–water partition coefficient (Wildman–Crippen LogP) is 3.04. The standard InChI is InChI=1S/C19H25N3O3/c1-20-19(21-12-14-7-5-6-8-15(14)13-23-2)22-16-9-10-17(24-3)18(11-16)25-4/h5-11H,12-13H2,1-4H3,(H2,20,21,22). The fourth-order valence-corrected chi connectivity index (χ4v) is 2.44. The SMILES string of the molecule is CN=C(NCc1ccccc1COC)Nc1ccc(OC)c(OC)c1. The van der Waals surface area contributed by atoms with Crippen LogP contribution in [0.5, 0.6) is 11.5 Å². The van der Waals surface area contributed by atoms with Crippen molar-refractivity contribution in [2.75, 3.05) is 33.7 Å². The first-order valence-corrected chi connectivity index (χ1v) is 7.97. The van der Waals surface area contributed by atoms with Crippen LogP contribution in [0.25, 0.3) is 0 Å². The van der Waals surface area contributed by atoms with Gasteiger partial charge in [-0.2, -0.15) is 0 Å². The van der Waals surface area contributed by atoms with Gasteiger partial charge < -0.3 is 24.8 Å². The number of nitrogens with one attached hydrogen (secondary N) is 2. The topological polar surface area (TPSA) is 64.1 Å². The van der Waals surface area contributed by atoms with Gasteiger partial charge in [0.05, 0.1) is 20.8 Å². The van der Waals surface area contributed by atoms with E-state index in [2.05, 4.69) is 27.8 Å². The number of hydrogen-bond acceptors (Lipinski definition) is 4. The molecule has 2 aromatic rings. The number of aliphatic imine (C=N–C) groups is 1. The van der Waals surface area contributed by atoms with Gasteiger partial charge in [-0.25, -0.2) is 0 Å². The van der Waals surface area contributed by atoms with Crippen LogP contribution in [0.4, 0.5) is 5.69 Å². The summed E-state index contributed by atoms with van der Waals surface area (Å²) in [5.41, 5.74) is 3.18. The number of guanidine groups is 1. The molecule has 2 rings (SSSR count). The Balaban J connectivity index is 2.04. The van der Waals surface area contributed by atoms with Crippen molar-refractivity contribution in [3.05, 3.63) is 53.6 Å². The fraction of sp³-hybridized carbons (Fsp3) is 0.316. The van der Waals surface area contributed by atoms with Crippen molar-refractivity contribution in [1.29, 1.82) is 0 Å². The minimum absolute atomic E-state index is 0.583. The molecule has 6 heteroatoms. The Kier molecular flexibility index (Phi) is 7.10. The van der Waals surface area contributed by atoms with Crippen LogP contribution in [0.1, 0.15) is 11.1 Å². The van der Waals surface area contributed by atoms with Gasteiger partial charge >= 0.3 is 0 Å². The molecule has 0 spiro atoms. The van der Waals surface area contributed by atoms with E-state index in [1.54, 1.807) is 28.4 Å². The average molecular weight is 343 g/mol. The van der Waals surface area contributed by atoms with Crippen LogP contribution in [-0.4, -0.2) is 34.3 Å². The van der Waals surface area contributed by atoms with Crippen molar-refractivity contribution in [1.82, 2.24) is 5.32 Å². The van der Waals surface area contributed by atoms with Crippen LogP contribution in [0, 0.1) is 0 Å². The molecule has 0 aliphatic carbocycles. The van der Waals surface area contributed by atoms with E-state index in [1.165, 1.54) is 5.56 Å². The third-order valence-corrected chi connectivity index (χ3v) is 3.73. The van der Waals surface area contributed by atoms with Crippen LogP contribution >= 0.6 is 0 Å². The minimum atomic E-state index is 0.583. The summed E-state index contributed by atoms with van der Waals surface area (Å²) >= 11 is 0. The molecule has 6 nitrogen and oxygen atoms in total. The lowest BCUT2D eigenvalue weighted by atomic mass is 10.1. The highest BCUT2D eigenvalue weighted by Gasteiger charge is 2.07. The number of rotatable bonds is 7. The Morgan fingerprint density at radius 3 is 2.32 bits per heavy atom. The first-order valence-electron chi connectivity index (χ1n) is 7.97. The molecule has 0 radical (unpaired) electrons. The molecular weight excluding hydrogens is 318 g/mol. The second-order valence-corrected chi connectivity index (χ2v) is 5.32. The van der Waals surface area contributed by atoms with Crippen molar-refractivity contribution in [2.45, 2.75) is 13.2 Å². The van der Waals surface area contributed by atoms with Gasteiger partial charge in [0.15, 0.2) is 17.5 Å². The van der Waals surface area contributed by atoms with Gasteiger partial charge in [0.2, 0.25) is 0 Å². The van der Waals surface area contributed by atoms with Gasteiger partial charge in [-0.3, -0.25) is 4.99 Å². The molecule has 2 N–H and O–H groups in total. The highest BCUT2D eigenvalue weighted by atomic mass is 16.5. The molecule has 0 amide bonds. The lowest BCUT2D eigenvalue weighted by Crippen LogP contribution is -2.30. The van der Waals surface area contributed by atoms with Crippen LogP contribution in [-0.2, 0) is 17.9 Å². The van der Waals surface area contributed by atoms with E-state index in [0.29, 0.717) is 30.6 Å². The van der Waals surface area contributed by atoms with Gasteiger partial charge in [-0.1, -0.05) is 24.3 Å². The van der Waals surface area contributed by atoms with Crippen molar-refractivity contribution in [3.8, 4) is 11.5 Å². The van der Waals surface area contributed by atoms with E-state index in [9.17, 15) is 0 Å². The third kappa shape index (κ3) is 5.12. The van der Waals surface area contributed by atoms with E-state index in [-0.39, 0.29) is 0 Å². The molecule has 25 heavy (non-hydrogen) atoms. The minimum Gasteiger partial charge on any atom is -0.493 e. The van der Waals surface area contributed by atoms with E-state index in [1.807, 2.05) is 30.3 Å². The Morgan fingerprint density at radius 1 is 0.960 bits per heavy atom. The summed E-state index contributed by atoms with van der Waals surface area (Å²) in [7, 11) is 6.66. The maximum Gasteiger partial charge on any atom is 0.195 e. The fourth-order valence-electron chi connectivity index (χ4n) is 2.44. The normalized spacial score (nSPS) is 11.1. The Morgan fingerprint density at radius 2 is 1.68 bits per heavy atom.